The van der Waals surface area contributed by atoms with Crippen LogP contribution in [0.15, 0.2) is 35.2 Å². The number of nitrogens with zero attached hydrogens (tertiary/aromatic N) is 2. The number of hydrogen-bond donors (Lipinski definition) is 1. The number of rotatable bonds is 6. The molecule has 0 saturated carbocycles. The molecule has 0 aliphatic carbocycles. The van der Waals surface area contributed by atoms with Gasteiger partial charge in [0, 0.05) is 39.3 Å². The number of benzene rings is 1. The van der Waals surface area contributed by atoms with E-state index >= 15 is 0 Å². The Bertz CT molecular complexity index is 696. The maximum Gasteiger partial charge on any atom is 0.241 e. The number of carbonyl (C=O) groups is 1. The summed E-state index contributed by atoms with van der Waals surface area (Å²) < 4.78 is 32.9. The monoisotopic (exact) mass is 381 g/mol. The molecule has 1 N–H and O–H groups in total. The van der Waals surface area contributed by atoms with Crippen LogP contribution in [-0.2, 0) is 19.6 Å². The molecule has 0 spiro atoms. The predicted molar refractivity (Wildman–Crippen MR) is 98.2 cm³/mol. The molecule has 2 aliphatic rings. The molecule has 144 valence electrons. The van der Waals surface area contributed by atoms with Gasteiger partial charge in [0.25, 0.3) is 0 Å². The molecule has 3 rings (SSSR count). The molecule has 1 unspecified atom stereocenters. The Hall–Kier alpha value is -1.48. The molecule has 0 radical (unpaired) electrons. The lowest BCUT2D eigenvalue weighted by Gasteiger charge is -2.36. The van der Waals surface area contributed by atoms with E-state index in [1.165, 1.54) is 12.1 Å². The Morgan fingerprint density at radius 3 is 2.54 bits per heavy atom. The van der Waals surface area contributed by atoms with Gasteiger partial charge in [-0.25, -0.2) is 8.42 Å². The zero-order valence-corrected chi connectivity index (χ0v) is 16.0. The minimum absolute atomic E-state index is 0.168. The van der Waals surface area contributed by atoms with E-state index in [9.17, 15) is 13.2 Å². The van der Waals surface area contributed by atoms with Crippen molar-refractivity contribution in [1.82, 2.24) is 14.5 Å². The van der Waals surface area contributed by atoms with Crippen molar-refractivity contribution >= 4 is 15.9 Å². The van der Waals surface area contributed by atoms with Gasteiger partial charge in [0.2, 0.25) is 15.9 Å². The first-order chi connectivity index (χ1) is 12.5. The van der Waals surface area contributed by atoms with Crippen molar-refractivity contribution in [2.24, 2.45) is 0 Å². The minimum atomic E-state index is -3.69. The second kappa shape index (κ2) is 8.47. The Morgan fingerprint density at radius 2 is 1.92 bits per heavy atom. The minimum Gasteiger partial charge on any atom is -0.377 e. The molecule has 1 aromatic carbocycles. The first-order valence-corrected chi connectivity index (χ1v) is 10.6. The number of nitrogens with one attached hydrogen (secondary N) is 1. The number of hydrogen-bond acceptors (Lipinski definition) is 5. The number of amides is 1. The van der Waals surface area contributed by atoms with E-state index in [2.05, 4.69) is 9.62 Å². The molecular formula is C18H27N3O4S. The summed E-state index contributed by atoms with van der Waals surface area (Å²) in [5.74, 6) is -0.179. The first kappa shape index (κ1) is 19.3. The molecule has 7 nitrogen and oxygen atoms in total. The predicted octanol–water partition coefficient (Wildman–Crippen LogP) is 0.677. The number of carbonyl (C=O) groups excluding carboxylic acids is 1. The SMILES string of the molecule is C[C@H](NS(=O)(=O)c1ccccc1)C(=O)N1CCN(CC2CCCO2)CC1. The Morgan fingerprint density at radius 1 is 1.23 bits per heavy atom. The van der Waals surface area contributed by atoms with E-state index in [-0.39, 0.29) is 10.8 Å². The molecule has 2 heterocycles. The molecule has 2 saturated heterocycles. The number of sulfonamides is 1. The van der Waals surface area contributed by atoms with Gasteiger partial charge in [-0.2, -0.15) is 4.72 Å². The van der Waals surface area contributed by atoms with E-state index in [1.54, 1.807) is 30.0 Å². The van der Waals surface area contributed by atoms with E-state index in [1.807, 2.05) is 0 Å². The summed E-state index contributed by atoms with van der Waals surface area (Å²) in [6.45, 7) is 6.18. The Labute approximate surface area is 155 Å². The molecule has 2 fully saturated rings. The van der Waals surface area contributed by atoms with Crippen LogP contribution in [0.2, 0.25) is 0 Å². The summed E-state index contributed by atoms with van der Waals surface area (Å²) >= 11 is 0. The fourth-order valence-electron chi connectivity index (χ4n) is 3.45. The van der Waals surface area contributed by atoms with Gasteiger partial charge in [-0.1, -0.05) is 18.2 Å². The second-order valence-electron chi connectivity index (χ2n) is 6.92. The van der Waals surface area contributed by atoms with Crippen LogP contribution in [0.1, 0.15) is 19.8 Å². The summed E-state index contributed by atoms with van der Waals surface area (Å²) in [4.78, 5) is 16.8. The summed E-state index contributed by atoms with van der Waals surface area (Å²) in [5, 5.41) is 0. The van der Waals surface area contributed by atoms with Crippen molar-refractivity contribution in [2.75, 3.05) is 39.3 Å². The zero-order valence-electron chi connectivity index (χ0n) is 15.1. The van der Waals surface area contributed by atoms with Crippen molar-refractivity contribution in [3.05, 3.63) is 30.3 Å². The van der Waals surface area contributed by atoms with Gasteiger partial charge in [0.05, 0.1) is 17.0 Å². The topological polar surface area (TPSA) is 79.0 Å². The molecule has 1 amide bonds. The smallest absolute Gasteiger partial charge is 0.241 e. The van der Waals surface area contributed by atoms with Crippen LogP contribution >= 0.6 is 0 Å². The van der Waals surface area contributed by atoms with Crippen LogP contribution in [0.5, 0.6) is 0 Å². The standard InChI is InChI=1S/C18H27N3O4S/c1-15(19-26(23,24)17-7-3-2-4-8-17)18(22)21-11-9-20(10-12-21)14-16-6-5-13-25-16/h2-4,7-8,15-16,19H,5-6,9-14H2,1H3/t15-,16?/m0/s1. The van der Waals surface area contributed by atoms with Crippen LogP contribution in [0.3, 0.4) is 0 Å². The number of ether oxygens (including phenoxy) is 1. The largest absolute Gasteiger partial charge is 0.377 e. The average Bonchev–Trinajstić information content (AvgIpc) is 3.15. The highest BCUT2D eigenvalue weighted by molar-refractivity contribution is 7.89. The van der Waals surface area contributed by atoms with Crippen molar-refractivity contribution in [2.45, 2.75) is 36.8 Å². The normalized spacial score (nSPS) is 23.1. The molecule has 26 heavy (non-hydrogen) atoms. The summed E-state index contributed by atoms with van der Waals surface area (Å²) in [6.07, 6.45) is 2.55. The zero-order chi connectivity index (χ0) is 18.6. The fraction of sp³-hybridized carbons (Fsp3) is 0.611. The van der Waals surface area contributed by atoms with Crippen LogP contribution in [0.4, 0.5) is 0 Å². The summed E-state index contributed by atoms with van der Waals surface area (Å²) in [6, 6.07) is 7.32. The summed E-state index contributed by atoms with van der Waals surface area (Å²) in [5.41, 5.74) is 0. The lowest BCUT2D eigenvalue weighted by molar-refractivity contribution is -0.134. The van der Waals surface area contributed by atoms with Crippen molar-refractivity contribution in [3.63, 3.8) is 0 Å². The third kappa shape index (κ3) is 4.82. The Kier molecular flexibility index (Phi) is 6.29. The van der Waals surface area contributed by atoms with Gasteiger partial charge in [-0.15, -0.1) is 0 Å². The van der Waals surface area contributed by atoms with Gasteiger partial charge < -0.3 is 9.64 Å². The van der Waals surface area contributed by atoms with Crippen molar-refractivity contribution in [3.8, 4) is 0 Å². The van der Waals surface area contributed by atoms with Gasteiger partial charge in [0.1, 0.15) is 0 Å². The highest BCUT2D eigenvalue weighted by Gasteiger charge is 2.29. The van der Waals surface area contributed by atoms with E-state index in [0.717, 1.165) is 39.1 Å². The van der Waals surface area contributed by atoms with Gasteiger partial charge >= 0.3 is 0 Å². The fourth-order valence-corrected chi connectivity index (χ4v) is 4.67. The van der Waals surface area contributed by atoms with Crippen LogP contribution < -0.4 is 4.72 Å². The molecule has 1 aromatic rings. The van der Waals surface area contributed by atoms with E-state index < -0.39 is 16.1 Å². The molecular weight excluding hydrogens is 354 g/mol. The molecule has 8 heteroatoms. The Balaban J connectivity index is 1.50. The maximum absolute atomic E-state index is 12.6. The molecule has 0 bridgehead atoms. The van der Waals surface area contributed by atoms with Crippen LogP contribution in [-0.4, -0.2) is 75.6 Å². The van der Waals surface area contributed by atoms with Gasteiger partial charge in [-0.05, 0) is 31.9 Å². The first-order valence-electron chi connectivity index (χ1n) is 9.16. The van der Waals surface area contributed by atoms with E-state index in [0.29, 0.717) is 19.2 Å². The summed E-state index contributed by atoms with van der Waals surface area (Å²) in [7, 11) is -3.69. The maximum atomic E-state index is 12.6. The lowest BCUT2D eigenvalue weighted by atomic mass is 10.2. The van der Waals surface area contributed by atoms with Crippen LogP contribution in [0, 0.1) is 0 Å². The number of piperazine rings is 1. The van der Waals surface area contributed by atoms with Gasteiger partial charge in [0.15, 0.2) is 0 Å². The molecule has 2 aliphatic heterocycles. The van der Waals surface area contributed by atoms with Crippen molar-refractivity contribution in [1.29, 1.82) is 0 Å². The van der Waals surface area contributed by atoms with Crippen LogP contribution in [0.25, 0.3) is 0 Å². The molecule has 2 atom stereocenters. The molecule has 0 aromatic heterocycles. The third-order valence-electron chi connectivity index (χ3n) is 4.93. The van der Waals surface area contributed by atoms with E-state index in [4.69, 9.17) is 4.74 Å². The third-order valence-corrected chi connectivity index (χ3v) is 6.48. The van der Waals surface area contributed by atoms with Gasteiger partial charge in [-0.3, -0.25) is 9.69 Å². The highest BCUT2D eigenvalue weighted by Crippen LogP contribution is 2.15. The highest BCUT2D eigenvalue weighted by atomic mass is 32.2. The quantitative estimate of drug-likeness (QED) is 0.784. The average molecular weight is 381 g/mol. The second-order valence-corrected chi connectivity index (χ2v) is 8.63. The lowest BCUT2D eigenvalue weighted by Crippen LogP contribution is -2.54. The van der Waals surface area contributed by atoms with Crippen molar-refractivity contribution < 1.29 is 17.9 Å².